The Morgan fingerprint density at radius 2 is 1.71 bits per heavy atom. The van der Waals surface area contributed by atoms with Crippen LogP contribution in [-0.4, -0.2) is 24.6 Å². The molecule has 0 N–H and O–H groups in total. The van der Waals surface area contributed by atoms with Gasteiger partial charge < -0.3 is 9.47 Å². The van der Waals surface area contributed by atoms with Crippen molar-refractivity contribution in [3.8, 4) is 0 Å². The Morgan fingerprint density at radius 3 is 2.35 bits per heavy atom. The molecule has 1 aliphatic heterocycles. The fourth-order valence-corrected chi connectivity index (χ4v) is 11.4. The lowest BCUT2D eigenvalue weighted by Gasteiger charge is -2.68. The van der Waals surface area contributed by atoms with Crippen molar-refractivity contribution in [3.05, 3.63) is 24.3 Å². The van der Waals surface area contributed by atoms with E-state index in [4.69, 9.17) is 9.47 Å². The topological polar surface area (TPSA) is 52.6 Å². The number of hydrogen-bond acceptors (Lipinski definition) is 4. The summed E-state index contributed by atoms with van der Waals surface area (Å²) in [5, 5.41) is 0. The molecule has 4 heteroatoms. The van der Waals surface area contributed by atoms with Crippen LogP contribution in [0.5, 0.6) is 0 Å². The number of carbonyl (C=O) groups excluding carboxylic acids is 2. The average molecular weight is 467 g/mol. The van der Waals surface area contributed by atoms with Crippen LogP contribution in [0.3, 0.4) is 0 Å². The molecule has 4 saturated carbocycles. The van der Waals surface area contributed by atoms with Crippen LogP contribution in [0.1, 0.15) is 86.0 Å². The third kappa shape index (κ3) is 2.16. The van der Waals surface area contributed by atoms with E-state index in [1.165, 1.54) is 0 Å². The molecule has 5 fully saturated rings. The van der Waals surface area contributed by atoms with Gasteiger partial charge in [0.05, 0.1) is 17.9 Å². The van der Waals surface area contributed by atoms with Crippen molar-refractivity contribution in [3.63, 3.8) is 0 Å². The molecule has 0 spiro atoms. The summed E-state index contributed by atoms with van der Waals surface area (Å²) in [5.74, 6) is 1.09. The molecule has 1 saturated heterocycles. The van der Waals surface area contributed by atoms with E-state index in [1.807, 2.05) is 6.92 Å². The van der Waals surface area contributed by atoms with Crippen molar-refractivity contribution < 1.29 is 19.1 Å². The van der Waals surface area contributed by atoms with Gasteiger partial charge in [-0.1, -0.05) is 46.4 Å². The maximum absolute atomic E-state index is 14.1. The van der Waals surface area contributed by atoms with Crippen LogP contribution in [0.25, 0.3) is 0 Å². The molecule has 0 aromatic heterocycles. The van der Waals surface area contributed by atoms with E-state index in [1.54, 1.807) is 7.11 Å². The van der Waals surface area contributed by atoms with Crippen molar-refractivity contribution in [2.75, 3.05) is 7.11 Å². The molecule has 0 unspecified atom stereocenters. The second kappa shape index (κ2) is 6.40. The van der Waals surface area contributed by atoms with Crippen molar-refractivity contribution in [1.82, 2.24) is 0 Å². The van der Waals surface area contributed by atoms with Crippen LogP contribution in [0.4, 0.5) is 0 Å². The van der Waals surface area contributed by atoms with Gasteiger partial charge in [-0.2, -0.15) is 0 Å². The molecule has 0 aromatic carbocycles. The molecular weight excluding hydrogens is 424 g/mol. The first-order valence-corrected chi connectivity index (χ1v) is 13.5. The lowest BCUT2D eigenvalue weighted by molar-refractivity contribution is -0.229. The Kier molecular flexibility index (Phi) is 4.30. The van der Waals surface area contributed by atoms with Gasteiger partial charge in [-0.25, -0.2) is 0 Å². The molecule has 9 atom stereocenters. The smallest absolute Gasteiger partial charge is 0.313 e. The fraction of sp³-hybridized carbons (Fsp3) is 0.800. The molecule has 6 rings (SSSR count). The van der Waals surface area contributed by atoms with Gasteiger partial charge in [-0.15, -0.1) is 0 Å². The summed E-state index contributed by atoms with van der Waals surface area (Å²) in [6.45, 7) is 16.0. The van der Waals surface area contributed by atoms with Gasteiger partial charge >= 0.3 is 11.9 Å². The first-order chi connectivity index (χ1) is 15.9. The maximum atomic E-state index is 14.1. The number of carbonyl (C=O) groups is 2. The highest BCUT2D eigenvalue weighted by atomic mass is 16.6. The Morgan fingerprint density at radius 1 is 1.00 bits per heavy atom. The van der Waals surface area contributed by atoms with E-state index in [9.17, 15) is 9.59 Å². The second-order valence-electron chi connectivity index (χ2n) is 13.9. The van der Waals surface area contributed by atoms with Crippen LogP contribution >= 0.6 is 0 Å². The molecule has 0 radical (unpaired) electrons. The molecule has 5 aliphatic carbocycles. The highest BCUT2D eigenvalue weighted by Gasteiger charge is 2.81. The average Bonchev–Trinajstić information content (AvgIpc) is 3.35. The summed E-state index contributed by atoms with van der Waals surface area (Å²) in [6.07, 6.45) is 12.4. The molecule has 34 heavy (non-hydrogen) atoms. The number of methoxy groups -OCH3 is 1. The Hall–Kier alpha value is -1.58. The minimum Gasteiger partial charge on any atom is -0.469 e. The number of fused-ring (bicyclic) bond motifs is 5. The number of ether oxygens (including phenoxy) is 2. The highest BCUT2D eigenvalue weighted by molar-refractivity contribution is 5.85. The minimum absolute atomic E-state index is 0.0337. The van der Waals surface area contributed by atoms with Crippen molar-refractivity contribution in [2.45, 2.75) is 91.6 Å². The van der Waals surface area contributed by atoms with Crippen LogP contribution in [0.15, 0.2) is 24.3 Å². The number of allylic oxidation sites excluding steroid dienone is 2. The molecule has 186 valence electrons. The number of hydrogen-bond donors (Lipinski definition) is 0. The lowest BCUT2D eigenvalue weighted by Crippen LogP contribution is -2.68. The van der Waals surface area contributed by atoms with Gasteiger partial charge in [0.25, 0.3) is 0 Å². The van der Waals surface area contributed by atoms with E-state index < -0.39 is 16.4 Å². The van der Waals surface area contributed by atoms with Crippen molar-refractivity contribution in [1.29, 1.82) is 0 Å². The maximum Gasteiger partial charge on any atom is 0.313 e. The molecule has 2 bridgehead atoms. The minimum atomic E-state index is -0.610. The summed E-state index contributed by atoms with van der Waals surface area (Å²) in [7, 11) is 1.57. The first-order valence-electron chi connectivity index (χ1n) is 13.5. The predicted octanol–water partition coefficient (Wildman–Crippen LogP) is 6.25. The molecule has 0 aromatic rings. The van der Waals surface area contributed by atoms with Gasteiger partial charge in [0, 0.05) is 5.92 Å². The fourth-order valence-electron chi connectivity index (χ4n) is 11.4. The van der Waals surface area contributed by atoms with Crippen LogP contribution in [0, 0.1) is 50.7 Å². The largest absolute Gasteiger partial charge is 0.469 e. The van der Waals surface area contributed by atoms with Gasteiger partial charge in [-0.3, -0.25) is 9.59 Å². The summed E-state index contributed by atoms with van der Waals surface area (Å²) in [6, 6.07) is 0. The Labute approximate surface area is 204 Å². The zero-order chi connectivity index (χ0) is 24.5. The summed E-state index contributed by atoms with van der Waals surface area (Å²) >= 11 is 0. The Bertz CT molecular complexity index is 1020. The van der Waals surface area contributed by atoms with Crippen LogP contribution in [-0.2, 0) is 19.1 Å². The summed E-state index contributed by atoms with van der Waals surface area (Å²) in [5.41, 5.74) is -0.563. The SMILES string of the molecule is C=C(C)[C@]12CC[C@@]3(CC[C@]4(C(=O)OC)[C@@H](CC[C@H]5[C@@]6(C)C=CC(C)(C)[C@@H]6CC[C@]54C)[C@@H]31)C(=O)O2. The molecule has 1 heterocycles. The third-order valence-electron chi connectivity index (χ3n) is 12.8. The Balaban J connectivity index is 1.52. The molecule has 6 aliphatic rings. The van der Waals surface area contributed by atoms with E-state index in [0.717, 1.165) is 56.9 Å². The zero-order valence-electron chi connectivity index (χ0n) is 22.0. The quantitative estimate of drug-likeness (QED) is 0.356. The van der Waals surface area contributed by atoms with E-state index in [2.05, 4.69) is 46.4 Å². The van der Waals surface area contributed by atoms with Gasteiger partial charge in [0.2, 0.25) is 0 Å². The standard InChI is InChI=1S/C30H42O4/c1-18(2)30-17-15-28(23(31)34-30)14-16-29(24(32)33-7)19(22(28)30)8-9-21-26(5)13-12-25(3,4)20(26)10-11-27(21,29)6/h12-13,19-22H,1,8-11,14-17H2,2-7H3/t19-,20-,21-,22-,26-,27+,28+,29+,30+/m0/s1. The van der Waals surface area contributed by atoms with Crippen molar-refractivity contribution in [2.24, 2.45) is 50.7 Å². The van der Waals surface area contributed by atoms with Crippen molar-refractivity contribution >= 4 is 11.9 Å². The molecular formula is C30H42O4. The van der Waals surface area contributed by atoms with Crippen LogP contribution in [0.2, 0.25) is 0 Å². The zero-order valence-corrected chi connectivity index (χ0v) is 22.0. The second-order valence-corrected chi connectivity index (χ2v) is 13.9. The summed E-state index contributed by atoms with van der Waals surface area (Å²) in [4.78, 5) is 27.5. The van der Waals surface area contributed by atoms with Gasteiger partial charge in [0.1, 0.15) is 5.60 Å². The number of esters is 2. The van der Waals surface area contributed by atoms with E-state index >= 15 is 0 Å². The van der Waals surface area contributed by atoms with Gasteiger partial charge in [0.15, 0.2) is 0 Å². The normalized spacial score (nSPS) is 53.9. The van der Waals surface area contributed by atoms with E-state index in [-0.39, 0.29) is 40.0 Å². The monoisotopic (exact) mass is 466 g/mol. The predicted molar refractivity (Wildman–Crippen MR) is 131 cm³/mol. The van der Waals surface area contributed by atoms with E-state index in [0.29, 0.717) is 11.8 Å². The number of rotatable bonds is 2. The third-order valence-corrected chi connectivity index (χ3v) is 12.8. The van der Waals surface area contributed by atoms with Crippen LogP contribution < -0.4 is 0 Å². The first kappa shape index (κ1) is 22.9. The highest BCUT2D eigenvalue weighted by Crippen LogP contribution is 2.79. The molecule has 0 amide bonds. The summed E-state index contributed by atoms with van der Waals surface area (Å²) < 4.78 is 11.9. The lowest BCUT2D eigenvalue weighted by atomic mass is 9.34. The van der Waals surface area contributed by atoms with Gasteiger partial charge in [-0.05, 0) is 97.9 Å². The molecule has 4 nitrogen and oxygen atoms in total.